The van der Waals surface area contributed by atoms with Gasteiger partial charge in [-0.1, -0.05) is 58.0 Å². The number of hydrogen-bond acceptors (Lipinski definition) is 6. The third-order valence-electron chi connectivity index (χ3n) is 7.37. The maximum atomic E-state index is 14.0. The first-order valence-electron chi connectivity index (χ1n) is 13.2. The third kappa shape index (κ3) is 5.93. The number of hydrogen-bond donors (Lipinski definition) is 0. The summed E-state index contributed by atoms with van der Waals surface area (Å²) in [5.41, 5.74) is 2.10. The molecule has 1 atom stereocenters. The first-order valence-corrected chi connectivity index (χ1v) is 14.6. The molecule has 1 aromatic carbocycles. The van der Waals surface area contributed by atoms with Crippen molar-refractivity contribution in [3.05, 3.63) is 53.7 Å². The zero-order chi connectivity index (χ0) is 25.9. The lowest BCUT2D eigenvalue weighted by Gasteiger charge is -2.55. The summed E-state index contributed by atoms with van der Waals surface area (Å²) < 4.78 is 35.6. The minimum Gasteiger partial charge on any atom is -0.378 e. The normalized spacial score (nSPS) is 22.4. The number of rotatable bonds is 6. The molecular formula is C28H42N4O3S. The summed E-state index contributed by atoms with van der Waals surface area (Å²) in [6.45, 7) is 16.2. The van der Waals surface area contributed by atoms with Crippen molar-refractivity contribution >= 4 is 15.8 Å². The zero-order valence-corrected chi connectivity index (χ0v) is 23.3. The molecule has 0 bridgehead atoms. The van der Waals surface area contributed by atoms with Crippen LogP contribution < -0.4 is 4.90 Å². The van der Waals surface area contributed by atoms with Crippen LogP contribution in [-0.2, 0) is 21.3 Å². The molecule has 0 saturated carbocycles. The van der Waals surface area contributed by atoms with Crippen molar-refractivity contribution in [1.82, 2.24) is 14.2 Å². The van der Waals surface area contributed by atoms with Crippen LogP contribution in [0.3, 0.4) is 0 Å². The highest BCUT2D eigenvalue weighted by Crippen LogP contribution is 2.45. The molecule has 1 unspecified atom stereocenters. The summed E-state index contributed by atoms with van der Waals surface area (Å²) in [7, 11) is -3.68. The second-order valence-corrected chi connectivity index (χ2v) is 13.1. The zero-order valence-electron chi connectivity index (χ0n) is 22.5. The number of nitrogens with zero attached hydrogens (tertiary/aromatic N) is 4. The van der Waals surface area contributed by atoms with Gasteiger partial charge in [-0.25, -0.2) is 13.4 Å². The van der Waals surface area contributed by atoms with E-state index < -0.39 is 10.0 Å². The largest absolute Gasteiger partial charge is 0.378 e. The molecular weight excluding hydrogens is 472 g/mol. The molecule has 2 aliphatic heterocycles. The van der Waals surface area contributed by atoms with Crippen LogP contribution in [0.4, 0.5) is 5.82 Å². The molecule has 2 aliphatic rings. The first kappa shape index (κ1) is 27.0. The Labute approximate surface area is 217 Å². The molecule has 2 saturated heterocycles. The van der Waals surface area contributed by atoms with Gasteiger partial charge in [0.25, 0.3) is 0 Å². The van der Waals surface area contributed by atoms with Crippen molar-refractivity contribution in [2.45, 2.75) is 58.5 Å². The average Bonchev–Trinajstić information content (AvgIpc) is 2.82. The maximum absolute atomic E-state index is 14.0. The minimum atomic E-state index is -3.68. The van der Waals surface area contributed by atoms with E-state index in [2.05, 4.69) is 66.7 Å². The highest BCUT2D eigenvalue weighted by molar-refractivity contribution is 7.89. The van der Waals surface area contributed by atoms with Gasteiger partial charge in [-0.2, -0.15) is 4.31 Å². The predicted molar refractivity (Wildman–Crippen MR) is 145 cm³/mol. The standard InChI is InChI=1S/C28H42N4O3S/c1-22(2)26-28(4,5)21-32(26)36(33,34)25-18-23(3)19-29-27(25)31-13-9-12-30(14-16-35-17-15-31)20-24-10-7-6-8-11-24/h6-8,10-11,18-19,22,26H,9,12-17,20-21H2,1-5H3. The number of sulfonamides is 1. The van der Waals surface area contributed by atoms with E-state index in [0.29, 0.717) is 37.0 Å². The molecule has 0 radical (unpaired) electrons. The number of aromatic nitrogens is 1. The number of benzene rings is 1. The topological polar surface area (TPSA) is 66.0 Å². The molecule has 7 nitrogen and oxygen atoms in total. The van der Waals surface area contributed by atoms with E-state index in [-0.39, 0.29) is 17.4 Å². The lowest BCUT2D eigenvalue weighted by atomic mass is 9.72. The molecule has 4 rings (SSSR count). The van der Waals surface area contributed by atoms with Crippen molar-refractivity contribution in [2.75, 3.05) is 50.8 Å². The Morgan fingerprint density at radius 3 is 2.50 bits per heavy atom. The highest BCUT2D eigenvalue weighted by Gasteiger charge is 2.53. The number of pyridine rings is 1. The average molecular weight is 515 g/mol. The maximum Gasteiger partial charge on any atom is 0.247 e. The Kier molecular flexibility index (Phi) is 8.39. The van der Waals surface area contributed by atoms with Gasteiger partial charge in [0.2, 0.25) is 10.0 Å². The molecule has 0 aliphatic carbocycles. The Hall–Kier alpha value is -2.00. The van der Waals surface area contributed by atoms with Gasteiger partial charge < -0.3 is 9.64 Å². The summed E-state index contributed by atoms with van der Waals surface area (Å²) >= 11 is 0. The van der Waals surface area contributed by atoms with E-state index in [1.54, 1.807) is 16.6 Å². The van der Waals surface area contributed by atoms with Crippen LogP contribution in [0.5, 0.6) is 0 Å². The quantitative estimate of drug-likeness (QED) is 0.576. The van der Waals surface area contributed by atoms with Crippen molar-refractivity contribution in [3.8, 4) is 0 Å². The molecule has 198 valence electrons. The fourth-order valence-electron chi connectivity index (χ4n) is 5.82. The van der Waals surface area contributed by atoms with E-state index in [0.717, 1.165) is 38.2 Å². The minimum absolute atomic E-state index is 0.0233. The Morgan fingerprint density at radius 1 is 1.08 bits per heavy atom. The molecule has 0 amide bonds. The molecule has 0 N–H and O–H groups in total. The summed E-state index contributed by atoms with van der Waals surface area (Å²) in [5, 5.41) is 0. The second kappa shape index (κ2) is 11.2. The van der Waals surface area contributed by atoms with Gasteiger partial charge in [0.15, 0.2) is 0 Å². The third-order valence-corrected chi connectivity index (χ3v) is 9.20. The van der Waals surface area contributed by atoms with Crippen LogP contribution in [0, 0.1) is 18.3 Å². The van der Waals surface area contributed by atoms with E-state index in [9.17, 15) is 8.42 Å². The van der Waals surface area contributed by atoms with Crippen molar-refractivity contribution in [1.29, 1.82) is 0 Å². The van der Waals surface area contributed by atoms with Gasteiger partial charge in [0.05, 0.1) is 13.2 Å². The van der Waals surface area contributed by atoms with E-state index in [1.165, 1.54) is 5.56 Å². The summed E-state index contributed by atoms with van der Waals surface area (Å²) in [6, 6.07) is 12.3. The van der Waals surface area contributed by atoms with Crippen LogP contribution in [0.15, 0.2) is 47.5 Å². The fraction of sp³-hybridized carbons (Fsp3) is 0.607. The molecule has 3 heterocycles. The van der Waals surface area contributed by atoms with Crippen molar-refractivity contribution in [3.63, 3.8) is 0 Å². The van der Waals surface area contributed by atoms with Crippen LogP contribution in [0.25, 0.3) is 0 Å². The van der Waals surface area contributed by atoms with Crippen LogP contribution in [-0.4, -0.2) is 74.6 Å². The second-order valence-electron chi connectivity index (χ2n) is 11.3. The molecule has 8 heteroatoms. The molecule has 36 heavy (non-hydrogen) atoms. The van der Waals surface area contributed by atoms with Crippen LogP contribution >= 0.6 is 0 Å². The van der Waals surface area contributed by atoms with Gasteiger partial charge >= 0.3 is 0 Å². The van der Waals surface area contributed by atoms with E-state index >= 15 is 0 Å². The van der Waals surface area contributed by atoms with Crippen molar-refractivity contribution in [2.24, 2.45) is 11.3 Å². The van der Waals surface area contributed by atoms with Gasteiger partial charge in [-0.05, 0) is 41.9 Å². The summed E-state index contributed by atoms with van der Waals surface area (Å²) in [5.74, 6) is 0.786. The lowest BCUT2D eigenvalue weighted by Crippen LogP contribution is -2.65. The van der Waals surface area contributed by atoms with Gasteiger partial charge in [0, 0.05) is 51.5 Å². The van der Waals surface area contributed by atoms with E-state index in [1.807, 2.05) is 13.0 Å². The van der Waals surface area contributed by atoms with Crippen molar-refractivity contribution < 1.29 is 13.2 Å². The van der Waals surface area contributed by atoms with Gasteiger partial charge in [-0.3, -0.25) is 4.90 Å². The summed E-state index contributed by atoms with van der Waals surface area (Å²) in [4.78, 5) is 9.52. The Bertz CT molecular complexity index is 1120. The van der Waals surface area contributed by atoms with Gasteiger partial charge in [-0.15, -0.1) is 0 Å². The predicted octanol–water partition coefficient (Wildman–Crippen LogP) is 4.17. The SMILES string of the molecule is Cc1cnc(N2CCCN(Cc3ccccc3)CCOCC2)c(S(=O)(=O)N2CC(C)(C)C2C(C)C)c1. The van der Waals surface area contributed by atoms with E-state index in [4.69, 9.17) is 4.74 Å². The number of anilines is 1. The summed E-state index contributed by atoms with van der Waals surface area (Å²) in [6.07, 6.45) is 2.70. The smallest absolute Gasteiger partial charge is 0.247 e. The molecule has 2 fully saturated rings. The Morgan fingerprint density at radius 2 is 1.81 bits per heavy atom. The van der Waals surface area contributed by atoms with Crippen LogP contribution in [0.1, 0.15) is 45.2 Å². The Balaban J connectivity index is 1.55. The molecule has 1 aromatic heterocycles. The lowest BCUT2D eigenvalue weighted by molar-refractivity contribution is -0.00923. The molecule has 2 aromatic rings. The number of ether oxygens (including phenoxy) is 1. The van der Waals surface area contributed by atoms with Gasteiger partial charge in [0.1, 0.15) is 10.7 Å². The first-order chi connectivity index (χ1) is 17.1. The molecule has 0 spiro atoms. The number of aryl methyl sites for hydroxylation is 1. The highest BCUT2D eigenvalue weighted by atomic mass is 32.2. The fourth-order valence-corrected chi connectivity index (χ4v) is 8.15. The van der Waals surface area contributed by atoms with Crippen LogP contribution in [0.2, 0.25) is 0 Å². The monoisotopic (exact) mass is 514 g/mol.